The number of piperazine rings is 1. The van der Waals surface area contributed by atoms with Gasteiger partial charge in [0.15, 0.2) is 6.54 Å². The summed E-state index contributed by atoms with van der Waals surface area (Å²) < 4.78 is 4.82. The Bertz CT molecular complexity index is 625. The van der Waals surface area contributed by atoms with E-state index in [1.807, 2.05) is 13.8 Å². The summed E-state index contributed by atoms with van der Waals surface area (Å²) >= 11 is 0. The lowest BCUT2D eigenvalue weighted by Gasteiger charge is -2.29. The van der Waals surface area contributed by atoms with Crippen LogP contribution in [0, 0.1) is 12.8 Å². The Hall–Kier alpha value is -1.92. The van der Waals surface area contributed by atoms with Crippen LogP contribution in [0.2, 0.25) is 0 Å². The van der Waals surface area contributed by atoms with Crippen molar-refractivity contribution in [1.82, 2.24) is 5.32 Å². The second-order valence-electron chi connectivity index (χ2n) is 8.12. The molecule has 6 nitrogen and oxygen atoms in total. The van der Waals surface area contributed by atoms with Crippen molar-refractivity contribution in [1.29, 1.82) is 0 Å². The minimum atomic E-state index is -0.546. The molecule has 150 valence electrons. The number of hydrogen-bond acceptors (Lipinski definition) is 3. The first-order valence-corrected chi connectivity index (χ1v) is 9.97. The number of ether oxygens (including phenoxy) is 1. The number of carbonyl (C=O) groups is 2. The number of hydrogen-bond donors (Lipinski definition) is 3. The topological polar surface area (TPSA) is 64.3 Å². The molecule has 1 amide bonds. The van der Waals surface area contributed by atoms with Crippen LogP contribution in [-0.4, -0.2) is 57.8 Å². The summed E-state index contributed by atoms with van der Waals surface area (Å²) in [6.07, 6.45) is 0.599. The molecule has 1 aliphatic heterocycles. The molecule has 1 saturated heterocycles. The summed E-state index contributed by atoms with van der Waals surface area (Å²) in [6.45, 7) is 11.7. The minimum absolute atomic E-state index is 0.0665. The average molecular weight is 378 g/mol. The van der Waals surface area contributed by atoms with Crippen molar-refractivity contribution in [2.24, 2.45) is 5.92 Å². The van der Waals surface area contributed by atoms with Gasteiger partial charge in [-0.2, -0.15) is 0 Å². The largest absolute Gasteiger partial charge is 0.467 e. The van der Waals surface area contributed by atoms with E-state index in [9.17, 15) is 9.59 Å². The van der Waals surface area contributed by atoms with E-state index in [0.717, 1.165) is 32.7 Å². The van der Waals surface area contributed by atoms with Gasteiger partial charge in [0, 0.05) is 5.56 Å². The Kier molecular flexibility index (Phi) is 8.25. The van der Waals surface area contributed by atoms with Gasteiger partial charge in [0.05, 0.1) is 7.11 Å². The Morgan fingerprint density at radius 2 is 1.81 bits per heavy atom. The summed E-state index contributed by atoms with van der Waals surface area (Å²) in [5, 5.41) is 2.86. The number of amides is 1. The third-order valence-corrected chi connectivity index (χ3v) is 5.14. The van der Waals surface area contributed by atoms with Gasteiger partial charge in [-0.3, -0.25) is 4.79 Å². The molecule has 0 radical (unpaired) electrons. The number of carbonyl (C=O) groups excluding carboxylic acids is 2. The Morgan fingerprint density at radius 3 is 2.41 bits per heavy atom. The van der Waals surface area contributed by atoms with Crippen LogP contribution >= 0.6 is 0 Å². The lowest BCUT2D eigenvalue weighted by molar-refractivity contribution is -1.02. The van der Waals surface area contributed by atoms with E-state index in [0.29, 0.717) is 18.9 Å². The number of nitrogens with one attached hydrogen (secondary N) is 3. The van der Waals surface area contributed by atoms with Gasteiger partial charge < -0.3 is 19.9 Å². The van der Waals surface area contributed by atoms with Crippen molar-refractivity contribution in [2.45, 2.75) is 39.8 Å². The minimum Gasteiger partial charge on any atom is -0.467 e. The standard InChI is InChI=1S/C21H33N3O3/c1-16(2)12-19(21(26)27-4)22-20(25)15-24-10-8-23(9-11-24)14-18-7-5-6-17(3)13-18/h5-7,13,16,19H,8-12,14-15H2,1-4H3,(H,22,25)/p+2/t19-/m0/s1. The molecule has 1 aromatic rings. The highest BCUT2D eigenvalue weighted by Crippen LogP contribution is 2.06. The first-order chi connectivity index (χ1) is 12.9. The number of aryl methyl sites for hydroxylation is 1. The molecular formula is C21H35N3O3+2. The SMILES string of the molecule is COC(=O)[C@H](CC(C)C)NC(=O)C[NH+]1CC[NH+](Cc2cccc(C)c2)CC1. The zero-order valence-corrected chi connectivity index (χ0v) is 17.1. The molecule has 0 saturated carbocycles. The highest BCUT2D eigenvalue weighted by atomic mass is 16.5. The number of quaternary nitrogens is 2. The summed E-state index contributed by atoms with van der Waals surface area (Å²) in [4.78, 5) is 27.1. The molecule has 6 heteroatoms. The van der Waals surface area contributed by atoms with Crippen LogP contribution in [-0.2, 0) is 20.9 Å². The van der Waals surface area contributed by atoms with Gasteiger partial charge in [-0.1, -0.05) is 43.7 Å². The quantitative estimate of drug-likeness (QED) is 0.509. The summed E-state index contributed by atoms with van der Waals surface area (Å²) in [6, 6.07) is 8.14. The van der Waals surface area contributed by atoms with Crippen LogP contribution in [0.1, 0.15) is 31.4 Å². The lowest BCUT2D eigenvalue weighted by atomic mass is 10.0. The zero-order valence-electron chi connectivity index (χ0n) is 17.1. The van der Waals surface area contributed by atoms with E-state index in [-0.39, 0.29) is 11.9 Å². The van der Waals surface area contributed by atoms with E-state index in [1.54, 1.807) is 4.90 Å². The van der Waals surface area contributed by atoms with Crippen molar-refractivity contribution in [3.8, 4) is 0 Å². The molecular weight excluding hydrogens is 342 g/mol. The summed E-state index contributed by atoms with van der Waals surface area (Å²) in [5.74, 6) is -0.113. The number of benzene rings is 1. The van der Waals surface area contributed by atoms with Gasteiger partial charge >= 0.3 is 5.97 Å². The van der Waals surface area contributed by atoms with Crippen molar-refractivity contribution < 1.29 is 24.1 Å². The molecule has 0 aromatic heterocycles. The van der Waals surface area contributed by atoms with Gasteiger partial charge in [0.2, 0.25) is 0 Å². The van der Waals surface area contributed by atoms with E-state index < -0.39 is 6.04 Å². The summed E-state index contributed by atoms with van der Waals surface area (Å²) in [5.41, 5.74) is 2.68. The molecule has 1 fully saturated rings. The van der Waals surface area contributed by atoms with E-state index >= 15 is 0 Å². The first kappa shape index (κ1) is 21.4. The zero-order chi connectivity index (χ0) is 19.8. The van der Waals surface area contributed by atoms with Crippen LogP contribution in [0.4, 0.5) is 0 Å². The second-order valence-corrected chi connectivity index (χ2v) is 8.12. The molecule has 0 unspecified atom stereocenters. The third-order valence-electron chi connectivity index (χ3n) is 5.14. The number of rotatable bonds is 8. The van der Waals surface area contributed by atoms with E-state index in [1.165, 1.54) is 23.1 Å². The molecule has 3 N–H and O–H groups in total. The van der Waals surface area contributed by atoms with Gasteiger partial charge in [0.25, 0.3) is 5.91 Å². The van der Waals surface area contributed by atoms with Crippen LogP contribution < -0.4 is 15.1 Å². The van der Waals surface area contributed by atoms with Gasteiger partial charge in [-0.05, 0) is 19.3 Å². The number of esters is 1. The molecule has 0 aliphatic carbocycles. The van der Waals surface area contributed by atoms with Crippen molar-refractivity contribution >= 4 is 11.9 Å². The molecule has 1 atom stereocenters. The first-order valence-electron chi connectivity index (χ1n) is 9.97. The van der Waals surface area contributed by atoms with E-state index in [2.05, 4.69) is 36.5 Å². The second kappa shape index (κ2) is 10.4. The predicted octanol–water partition coefficient (Wildman–Crippen LogP) is -1.02. The maximum Gasteiger partial charge on any atom is 0.328 e. The molecule has 1 heterocycles. The molecule has 1 aromatic carbocycles. The third kappa shape index (κ3) is 7.31. The summed E-state index contributed by atoms with van der Waals surface area (Å²) in [7, 11) is 1.36. The highest BCUT2D eigenvalue weighted by Gasteiger charge is 2.28. The molecule has 0 bridgehead atoms. The number of methoxy groups -OCH3 is 1. The Morgan fingerprint density at radius 1 is 1.15 bits per heavy atom. The maximum absolute atomic E-state index is 12.4. The molecule has 2 rings (SSSR count). The van der Waals surface area contributed by atoms with Crippen LogP contribution in [0.3, 0.4) is 0 Å². The fourth-order valence-corrected chi connectivity index (χ4v) is 3.72. The molecule has 0 spiro atoms. The Balaban J connectivity index is 1.77. The van der Waals surface area contributed by atoms with Crippen LogP contribution in [0.15, 0.2) is 24.3 Å². The normalized spacial score (nSPS) is 20.9. The molecule has 27 heavy (non-hydrogen) atoms. The highest BCUT2D eigenvalue weighted by molar-refractivity contribution is 5.84. The predicted molar refractivity (Wildman–Crippen MR) is 105 cm³/mol. The Labute approximate surface area is 162 Å². The van der Waals surface area contributed by atoms with Crippen LogP contribution in [0.5, 0.6) is 0 Å². The molecule has 1 aliphatic rings. The van der Waals surface area contributed by atoms with Crippen molar-refractivity contribution in [3.63, 3.8) is 0 Å². The van der Waals surface area contributed by atoms with Crippen molar-refractivity contribution in [3.05, 3.63) is 35.4 Å². The maximum atomic E-state index is 12.4. The van der Waals surface area contributed by atoms with Crippen LogP contribution in [0.25, 0.3) is 0 Å². The van der Waals surface area contributed by atoms with Gasteiger partial charge in [0.1, 0.15) is 38.8 Å². The van der Waals surface area contributed by atoms with Gasteiger partial charge in [-0.25, -0.2) is 4.79 Å². The van der Waals surface area contributed by atoms with Gasteiger partial charge in [-0.15, -0.1) is 0 Å². The monoisotopic (exact) mass is 377 g/mol. The fraction of sp³-hybridized carbons (Fsp3) is 0.619. The van der Waals surface area contributed by atoms with Crippen molar-refractivity contribution in [2.75, 3.05) is 39.8 Å². The fourth-order valence-electron chi connectivity index (χ4n) is 3.72. The van der Waals surface area contributed by atoms with E-state index in [4.69, 9.17) is 4.74 Å². The smallest absolute Gasteiger partial charge is 0.328 e. The average Bonchev–Trinajstić information content (AvgIpc) is 2.62. The lowest BCUT2D eigenvalue weighted by Crippen LogP contribution is -3.28.